The van der Waals surface area contributed by atoms with E-state index in [4.69, 9.17) is 66.3 Å². The van der Waals surface area contributed by atoms with Crippen LogP contribution in [0, 0.1) is 0 Å². The molecule has 2 rings (SSSR count). The van der Waals surface area contributed by atoms with Crippen LogP contribution in [0.15, 0.2) is 60.7 Å². The molecule has 0 fully saturated rings. The van der Waals surface area contributed by atoms with E-state index in [0.717, 1.165) is 11.1 Å². The maximum Gasteiger partial charge on any atom is 0.0718 e. The summed E-state index contributed by atoms with van der Waals surface area (Å²) in [5.41, 5.74) is 2.32. The average Bonchev–Trinajstić information content (AvgIpc) is 3.20. The van der Waals surface area contributed by atoms with Gasteiger partial charge in [0.25, 0.3) is 0 Å². The lowest BCUT2D eigenvalue weighted by Crippen LogP contribution is -2.15. The Morgan fingerprint density at radius 2 is 0.333 bits per heavy atom. The number of hydrogen-bond acceptors (Lipinski definition) is 14. The van der Waals surface area contributed by atoms with E-state index in [1.807, 2.05) is 60.7 Å². The molecule has 0 spiro atoms. The zero-order chi connectivity index (χ0) is 37.9. The minimum absolute atomic E-state index is 0.505. The van der Waals surface area contributed by atoms with Crippen molar-refractivity contribution in [2.45, 2.75) is 13.2 Å². The van der Waals surface area contributed by atoms with Crippen LogP contribution >= 0.6 is 0 Å². The molecule has 0 aromatic heterocycles. The summed E-state index contributed by atoms with van der Waals surface area (Å²) in [6, 6.07) is 20.2. The lowest BCUT2D eigenvalue weighted by atomic mass is 10.2. The summed E-state index contributed by atoms with van der Waals surface area (Å²) in [5.74, 6) is 0. The molecule has 0 radical (unpaired) electrons. The van der Waals surface area contributed by atoms with Gasteiger partial charge in [0.2, 0.25) is 0 Å². The van der Waals surface area contributed by atoms with Gasteiger partial charge in [-0.1, -0.05) is 60.7 Å². The van der Waals surface area contributed by atoms with Crippen LogP contribution in [0.25, 0.3) is 0 Å². The Bertz CT molecular complexity index is 912. The molecule has 14 nitrogen and oxygen atoms in total. The molecule has 0 atom stereocenters. The molecule has 310 valence electrons. The lowest BCUT2D eigenvalue weighted by molar-refractivity contribution is -0.0298. The van der Waals surface area contributed by atoms with Crippen LogP contribution in [0.4, 0.5) is 0 Å². The molecule has 2 aromatic carbocycles. The van der Waals surface area contributed by atoms with Crippen LogP contribution in [0.3, 0.4) is 0 Å². The molecule has 0 unspecified atom stereocenters. The van der Waals surface area contributed by atoms with E-state index in [2.05, 4.69) is 0 Å². The van der Waals surface area contributed by atoms with E-state index in [-0.39, 0.29) is 0 Å². The van der Waals surface area contributed by atoms with Gasteiger partial charge in [-0.3, -0.25) is 0 Å². The Kier molecular flexibility index (Phi) is 36.1. The van der Waals surface area contributed by atoms with Crippen molar-refractivity contribution < 1.29 is 66.3 Å². The summed E-state index contributed by atoms with van der Waals surface area (Å²) in [4.78, 5) is 0. The molecule has 0 amide bonds. The molecule has 0 aliphatic carbocycles. The molecular formula is C40H66O14. The van der Waals surface area contributed by atoms with Crippen LogP contribution in [0.5, 0.6) is 0 Å². The van der Waals surface area contributed by atoms with Gasteiger partial charge >= 0.3 is 0 Å². The van der Waals surface area contributed by atoms with Gasteiger partial charge in [0.15, 0.2) is 0 Å². The molecule has 54 heavy (non-hydrogen) atoms. The van der Waals surface area contributed by atoms with E-state index < -0.39 is 0 Å². The summed E-state index contributed by atoms with van der Waals surface area (Å²) in [6.45, 7) is 14.7. The van der Waals surface area contributed by atoms with Gasteiger partial charge in [-0.2, -0.15) is 0 Å². The standard InChI is InChI=1S/C40H66O14/c1-3-7-39(8-4-1)37-53-35-33-51-31-29-49-27-25-47-23-21-45-19-17-43-15-13-41-11-12-42-14-16-44-18-20-46-22-24-48-26-28-50-30-32-52-34-36-54-38-40-9-5-2-6-10-40/h1-10H,11-38H2. The van der Waals surface area contributed by atoms with Crippen LogP contribution < -0.4 is 0 Å². The predicted molar refractivity (Wildman–Crippen MR) is 202 cm³/mol. The van der Waals surface area contributed by atoms with Crippen molar-refractivity contribution >= 4 is 0 Å². The van der Waals surface area contributed by atoms with E-state index in [1.165, 1.54) is 0 Å². The molecule has 0 aliphatic rings. The summed E-state index contributed by atoms with van der Waals surface area (Å²) < 4.78 is 77.1. The summed E-state index contributed by atoms with van der Waals surface area (Å²) in [6.07, 6.45) is 0. The first-order valence-corrected chi connectivity index (χ1v) is 19.1. The minimum Gasteiger partial charge on any atom is -0.377 e. The van der Waals surface area contributed by atoms with Gasteiger partial charge in [0.1, 0.15) is 0 Å². The van der Waals surface area contributed by atoms with E-state index in [1.54, 1.807) is 0 Å². The first-order chi connectivity index (χ1) is 26.9. The second-order valence-corrected chi connectivity index (χ2v) is 11.4. The number of ether oxygens (including phenoxy) is 14. The molecule has 0 saturated heterocycles. The fourth-order valence-corrected chi connectivity index (χ4v) is 4.29. The van der Waals surface area contributed by atoms with Crippen LogP contribution in [0.2, 0.25) is 0 Å². The van der Waals surface area contributed by atoms with Crippen molar-refractivity contribution in [3.63, 3.8) is 0 Å². The Morgan fingerprint density at radius 3 is 0.500 bits per heavy atom. The van der Waals surface area contributed by atoms with E-state index in [9.17, 15) is 0 Å². The average molecular weight is 771 g/mol. The summed E-state index contributed by atoms with van der Waals surface area (Å²) in [7, 11) is 0. The highest BCUT2D eigenvalue weighted by Gasteiger charge is 1.98. The summed E-state index contributed by atoms with van der Waals surface area (Å²) >= 11 is 0. The van der Waals surface area contributed by atoms with Gasteiger partial charge in [0.05, 0.1) is 185 Å². The number of benzene rings is 2. The Morgan fingerprint density at radius 1 is 0.185 bits per heavy atom. The van der Waals surface area contributed by atoms with Gasteiger partial charge in [0, 0.05) is 0 Å². The van der Waals surface area contributed by atoms with Gasteiger partial charge < -0.3 is 66.3 Å². The number of rotatable bonds is 43. The third-order valence-corrected chi connectivity index (χ3v) is 7.06. The van der Waals surface area contributed by atoms with Crippen molar-refractivity contribution in [3.8, 4) is 0 Å². The maximum absolute atomic E-state index is 5.57. The number of hydrogen-bond donors (Lipinski definition) is 0. The van der Waals surface area contributed by atoms with Gasteiger partial charge in [-0.25, -0.2) is 0 Å². The molecular weight excluding hydrogens is 704 g/mol. The van der Waals surface area contributed by atoms with Crippen molar-refractivity contribution in [1.29, 1.82) is 0 Å². The smallest absolute Gasteiger partial charge is 0.0718 e. The van der Waals surface area contributed by atoms with Crippen molar-refractivity contribution in [2.24, 2.45) is 0 Å². The van der Waals surface area contributed by atoms with Crippen molar-refractivity contribution in [3.05, 3.63) is 71.8 Å². The second-order valence-electron chi connectivity index (χ2n) is 11.4. The molecule has 2 aromatic rings. The zero-order valence-corrected chi connectivity index (χ0v) is 32.3. The van der Waals surface area contributed by atoms with E-state index in [0.29, 0.717) is 185 Å². The maximum atomic E-state index is 5.57. The Hall–Kier alpha value is -2.12. The highest BCUT2D eigenvalue weighted by atomic mass is 16.6. The first-order valence-electron chi connectivity index (χ1n) is 19.1. The third kappa shape index (κ3) is 34.4. The van der Waals surface area contributed by atoms with Crippen LogP contribution in [-0.4, -0.2) is 172 Å². The normalized spacial score (nSPS) is 11.5. The highest BCUT2D eigenvalue weighted by molar-refractivity contribution is 5.14. The monoisotopic (exact) mass is 770 g/mol. The van der Waals surface area contributed by atoms with Crippen molar-refractivity contribution in [2.75, 3.05) is 172 Å². The quantitative estimate of drug-likeness (QED) is 0.0911. The molecule has 0 bridgehead atoms. The lowest BCUT2D eigenvalue weighted by Gasteiger charge is -2.09. The molecule has 0 saturated carbocycles. The second kappa shape index (κ2) is 40.5. The zero-order valence-electron chi connectivity index (χ0n) is 32.3. The topological polar surface area (TPSA) is 129 Å². The largest absolute Gasteiger partial charge is 0.377 e. The van der Waals surface area contributed by atoms with Gasteiger partial charge in [-0.05, 0) is 11.1 Å². The highest BCUT2D eigenvalue weighted by Crippen LogP contribution is 2.01. The van der Waals surface area contributed by atoms with Crippen LogP contribution in [-0.2, 0) is 79.5 Å². The van der Waals surface area contributed by atoms with Crippen molar-refractivity contribution in [1.82, 2.24) is 0 Å². The fourth-order valence-electron chi connectivity index (χ4n) is 4.29. The summed E-state index contributed by atoms with van der Waals surface area (Å²) in [5, 5.41) is 0. The van der Waals surface area contributed by atoms with E-state index >= 15 is 0 Å². The molecule has 14 heteroatoms. The van der Waals surface area contributed by atoms with Gasteiger partial charge in [-0.15, -0.1) is 0 Å². The first kappa shape index (κ1) is 48.0. The Balaban J connectivity index is 1.11. The fraction of sp³-hybridized carbons (Fsp3) is 0.700. The Labute approximate surface area is 322 Å². The minimum atomic E-state index is 0.505. The third-order valence-electron chi connectivity index (χ3n) is 7.06. The molecule has 0 heterocycles. The predicted octanol–water partition coefficient (Wildman–Crippen LogP) is 3.62. The SMILES string of the molecule is c1ccc(COCCOCCOCCOCCOCCOCCOCCOCCOCCOCCOCCOCCOCCOCc2ccccc2)cc1. The molecule has 0 N–H and O–H groups in total. The molecule has 0 aliphatic heterocycles. The van der Waals surface area contributed by atoms with Crippen LogP contribution in [0.1, 0.15) is 11.1 Å².